The van der Waals surface area contributed by atoms with Crippen LogP contribution in [-0.4, -0.2) is 25.1 Å². The van der Waals surface area contributed by atoms with Crippen molar-refractivity contribution in [3.8, 4) is 5.75 Å². The zero-order valence-corrected chi connectivity index (χ0v) is 13.6. The van der Waals surface area contributed by atoms with Crippen molar-refractivity contribution < 1.29 is 4.74 Å². The smallest absolute Gasteiger partial charge is 0.119 e. The van der Waals surface area contributed by atoms with Crippen LogP contribution >= 0.6 is 0 Å². The summed E-state index contributed by atoms with van der Waals surface area (Å²) in [5, 5.41) is 0. The molecule has 0 amide bonds. The summed E-state index contributed by atoms with van der Waals surface area (Å²) in [7, 11) is 1.77. The molecule has 2 fully saturated rings. The van der Waals surface area contributed by atoms with Crippen LogP contribution in [0.1, 0.15) is 57.4 Å². The van der Waals surface area contributed by atoms with Crippen LogP contribution in [0.25, 0.3) is 0 Å². The first-order valence-corrected chi connectivity index (χ1v) is 8.64. The molecule has 0 unspecified atom stereocenters. The number of piperidine rings is 1. The first-order valence-electron chi connectivity index (χ1n) is 8.64. The Morgan fingerprint density at radius 2 is 1.81 bits per heavy atom. The summed E-state index contributed by atoms with van der Waals surface area (Å²) < 4.78 is 5.48. The average Bonchev–Trinajstić information content (AvgIpc) is 2.57. The van der Waals surface area contributed by atoms with Crippen LogP contribution in [0.5, 0.6) is 5.75 Å². The Kier molecular flexibility index (Phi) is 4.54. The molecule has 1 saturated heterocycles. The van der Waals surface area contributed by atoms with E-state index in [9.17, 15) is 0 Å². The molecule has 1 aliphatic heterocycles. The molecule has 0 aromatic heterocycles. The normalized spacial score (nSPS) is 31.0. The van der Waals surface area contributed by atoms with E-state index in [0.717, 1.165) is 11.7 Å². The van der Waals surface area contributed by atoms with Crippen molar-refractivity contribution in [3.63, 3.8) is 0 Å². The van der Waals surface area contributed by atoms with Gasteiger partial charge in [0.05, 0.1) is 7.11 Å². The minimum absolute atomic E-state index is 0.265. The van der Waals surface area contributed by atoms with E-state index in [0.29, 0.717) is 0 Å². The van der Waals surface area contributed by atoms with Crippen molar-refractivity contribution >= 4 is 0 Å². The highest BCUT2D eigenvalue weighted by Crippen LogP contribution is 2.45. The molecule has 1 aromatic rings. The Balaban J connectivity index is 1.94. The molecule has 1 saturated carbocycles. The molecule has 2 heteroatoms. The van der Waals surface area contributed by atoms with Crippen LogP contribution in [0.3, 0.4) is 0 Å². The molecule has 21 heavy (non-hydrogen) atoms. The van der Waals surface area contributed by atoms with Gasteiger partial charge in [0.25, 0.3) is 0 Å². The lowest BCUT2D eigenvalue weighted by atomic mass is 9.71. The first kappa shape index (κ1) is 14.9. The van der Waals surface area contributed by atoms with E-state index in [-0.39, 0.29) is 5.54 Å². The maximum absolute atomic E-state index is 5.48. The van der Waals surface area contributed by atoms with Gasteiger partial charge in [-0.2, -0.15) is 0 Å². The van der Waals surface area contributed by atoms with E-state index in [2.05, 4.69) is 36.1 Å². The highest BCUT2D eigenvalue weighted by atomic mass is 16.4. The van der Waals surface area contributed by atoms with Gasteiger partial charge in [-0.25, -0.2) is 0 Å². The molecule has 1 aromatic carbocycles. The fraction of sp³-hybridized carbons (Fsp3) is 0.684. The molecule has 0 N–H and O–H groups in total. The maximum Gasteiger partial charge on any atom is 0.119 e. The third-order valence-corrected chi connectivity index (χ3v) is 5.67. The summed E-state index contributed by atoms with van der Waals surface area (Å²) in [6.45, 7) is 4.95. The summed E-state index contributed by atoms with van der Waals surface area (Å²) in [5.74, 6) is 1.89. The molecule has 1 heterocycles. The van der Waals surface area contributed by atoms with E-state index in [1.165, 1.54) is 63.6 Å². The van der Waals surface area contributed by atoms with Crippen molar-refractivity contribution in [2.75, 3.05) is 20.2 Å². The molecular weight excluding hydrogens is 257 g/mol. The van der Waals surface area contributed by atoms with E-state index in [1.54, 1.807) is 7.11 Å². The van der Waals surface area contributed by atoms with Crippen LogP contribution in [0, 0.1) is 5.92 Å². The molecule has 2 nitrogen and oxygen atoms in total. The van der Waals surface area contributed by atoms with Gasteiger partial charge < -0.3 is 4.74 Å². The molecule has 116 valence electrons. The van der Waals surface area contributed by atoms with Gasteiger partial charge in [0.15, 0.2) is 0 Å². The predicted octanol–water partition coefficient (Wildman–Crippen LogP) is 4.59. The Morgan fingerprint density at radius 3 is 2.48 bits per heavy atom. The summed E-state index contributed by atoms with van der Waals surface area (Å²) in [6.07, 6.45) is 9.45. The third kappa shape index (κ3) is 2.96. The molecule has 0 bridgehead atoms. The van der Waals surface area contributed by atoms with E-state index >= 15 is 0 Å². The topological polar surface area (TPSA) is 12.5 Å². The second-order valence-electron chi connectivity index (χ2n) is 6.99. The van der Waals surface area contributed by atoms with Crippen molar-refractivity contribution in [2.24, 2.45) is 5.92 Å². The summed E-state index contributed by atoms with van der Waals surface area (Å²) in [6, 6.07) is 8.84. The molecule has 0 radical (unpaired) electrons. The van der Waals surface area contributed by atoms with E-state index in [4.69, 9.17) is 4.74 Å². The summed E-state index contributed by atoms with van der Waals surface area (Å²) in [5.41, 5.74) is 1.75. The van der Waals surface area contributed by atoms with E-state index in [1.807, 2.05) is 0 Å². The molecule has 0 spiro atoms. The zero-order chi connectivity index (χ0) is 14.7. The number of nitrogens with zero attached hydrogens (tertiary/aromatic N) is 1. The van der Waals surface area contributed by atoms with Gasteiger partial charge in [0, 0.05) is 5.54 Å². The highest BCUT2D eigenvalue weighted by molar-refractivity contribution is 5.34. The summed E-state index contributed by atoms with van der Waals surface area (Å²) in [4.78, 5) is 2.79. The molecule has 1 aliphatic carbocycles. The average molecular weight is 286 g/mol. The van der Waals surface area contributed by atoms with Crippen molar-refractivity contribution in [2.45, 2.75) is 57.4 Å². The number of rotatable bonds is 3. The molecular formula is C19H29NO. The third-order valence-electron chi connectivity index (χ3n) is 5.67. The lowest BCUT2D eigenvalue weighted by Crippen LogP contribution is -2.50. The molecule has 0 atom stereocenters. The Labute approximate surface area is 129 Å². The van der Waals surface area contributed by atoms with Crippen LogP contribution < -0.4 is 4.74 Å². The van der Waals surface area contributed by atoms with Crippen LogP contribution in [-0.2, 0) is 5.54 Å². The lowest BCUT2D eigenvalue weighted by molar-refractivity contribution is 0.0194. The number of ether oxygens (including phenoxy) is 1. The number of hydrogen-bond acceptors (Lipinski definition) is 2. The number of hydrogen-bond donors (Lipinski definition) is 0. The van der Waals surface area contributed by atoms with E-state index < -0.39 is 0 Å². The standard InChI is InChI=1S/C19H29NO/c1-16-9-11-19(12-10-16,20-13-4-3-5-14-20)17-7-6-8-18(15-17)21-2/h6-8,15-16H,3-5,9-14H2,1-2H3/i2-1. The fourth-order valence-electron chi connectivity index (χ4n) is 4.26. The SMILES string of the molecule is CC1CCC(c2cccc(O[11CH3])c2)(N2CCCCC2)CC1. The van der Waals surface area contributed by atoms with Gasteiger partial charge >= 0.3 is 0 Å². The monoisotopic (exact) mass is 286 g/mol. The minimum atomic E-state index is 0.265. The van der Waals surface area contributed by atoms with Gasteiger partial charge in [-0.15, -0.1) is 0 Å². The van der Waals surface area contributed by atoms with Gasteiger partial charge in [-0.1, -0.05) is 25.5 Å². The zero-order valence-electron chi connectivity index (χ0n) is 13.6. The van der Waals surface area contributed by atoms with Gasteiger partial charge in [-0.3, -0.25) is 4.90 Å². The predicted molar refractivity (Wildman–Crippen MR) is 87.7 cm³/mol. The Bertz CT molecular complexity index is 456. The Hall–Kier alpha value is -1.02. The number of likely N-dealkylation sites (tertiary alicyclic amines) is 1. The largest absolute Gasteiger partial charge is 0.497 e. The van der Waals surface area contributed by atoms with Gasteiger partial charge in [-0.05, 0) is 75.2 Å². The van der Waals surface area contributed by atoms with Gasteiger partial charge in [0.1, 0.15) is 5.75 Å². The first-order chi connectivity index (χ1) is 10.2. The second kappa shape index (κ2) is 6.39. The number of benzene rings is 1. The minimum Gasteiger partial charge on any atom is -0.497 e. The maximum atomic E-state index is 5.48. The highest BCUT2D eigenvalue weighted by Gasteiger charge is 2.41. The second-order valence-corrected chi connectivity index (χ2v) is 6.99. The van der Waals surface area contributed by atoms with Crippen molar-refractivity contribution in [3.05, 3.63) is 29.8 Å². The van der Waals surface area contributed by atoms with Crippen LogP contribution in [0.15, 0.2) is 24.3 Å². The quantitative estimate of drug-likeness (QED) is 0.806. The lowest BCUT2D eigenvalue weighted by Gasteiger charge is -2.50. The van der Waals surface area contributed by atoms with Crippen molar-refractivity contribution in [1.82, 2.24) is 4.90 Å². The van der Waals surface area contributed by atoms with Crippen molar-refractivity contribution in [1.29, 1.82) is 0 Å². The Morgan fingerprint density at radius 1 is 1.10 bits per heavy atom. The summed E-state index contributed by atoms with van der Waals surface area (Å²) >= 11 is 0. The molecule has 3 rings (SSSR count). The fourth-order valence-corrected chi connectivity index (χ4v) is 4.26. The number of methoxy groups -OCH3 is 1. The van der Waals surface area contributed by atoms with Gasteiger partial charge in [0.2, 0.25) is 0 Å². The molecule has 2 aliphatic rings. The van der Waals surface area contributed by atoms with Crippen LogP contribution in [0.4, 0.5) is 0 Å². The van der Waals surface area contributed by atoms with Crippen LogP contribution in [0.2, 0.25) is 0 Å².